The molecule has 0 bridgehead atoms. The number of benzene rings is 2. The average Bonchev–Trinajstić information content (AvgIpc) is 2.71. The largest absolute Gasteiger partial charge is 0.354 e. The SMILES string of the molecule is CCCNC(=O)[C@H](C)N(Cc1ccccc1)C(=O)CSCc1ccc(C)cc1. The van der Waals surface area contributed by atoms with Gasteiger partial charge in [0.1, 0.15) is 6.04 Å². The minimum absolute atomic E-state index is 0.0138. The van der Waals surface area contributed by atoms with Crippen molar-refractivity contribution < 1.29 is 9.59 Å². The lowest BCUT2D eigenvalue weighted by molar-refractivity contribution is -0.138. The van der Waals surface area contributed by atoms with Crippen molar-refractivity contribution in [2.45, 2.75) is 45.5 Å². The highest BCUT2D eigenvalue weighted by Gasteiger charge is 2.25. The fourth-order valence-corrected chi connectivity index (χ4v) is 3.65. The Kier molecular flexibility index (Phi) is 9.08. The summed E-state index contributed by atoms with van der Waals surface area (Å²) in [5.41, 5.74) is 3.45. The van der Waals surface area contributed by atoms with Crippen molar-refractivity contribution in [2.75, 3.05) is 12.3 Å². The molecule has 2 aromatic rings. The number of thioether (sulfide) groups is 1. The lowest BCUT2D eigenvalue weighted by Gasteiger charge is -2.28. The molecule has 2 amide bonds. The number of aryl methyl sites for hydroxylation is 1. The fraction of sp³-hybridized carbons (Fsp3) is 0.391. The van der Waals surface area contributed by atoms with Gasteiger partial charge in [0.05, 0.1) is 5.75 Å². The molecule has 1 atom stereocenters. The van der Waals surface area contributed by atoms with Gasteiger partial charge in [-0.05, 0) is 31.4 Å². The first-order valence-electron chi connectivity index (χ1n) is 9.75. The van der Waals surface area contributed by atoms with E-state index in [0.717, 1.165) is 17.7 Å². The summed E-state index contributed by atoms with van der Waals surface area (Å²) in [6, 6.07) is 17.7. The Balaban J connectivity index is 2.00. The highest BCUT2D eigenvalue weighted by molar-refractivity contribution is 7.99. The Morgan fingerprint density at radius 3 is 2.36 bits per heavy atom. The van der Waals surface area contributed by atoms with Gasteiger partial charge in [-0.3, -0.25) is 9.59 Å². The van der Waals surface area contributed by atoms with Crippen LogP contribution in [-0.4, -0.2) is 35.1 Å². The van der Waals surface area contributed by atoms with Crippen LogP contribution in [0.1, 0.15) is 37.0 Å². The molecular formula is C23H30N2O2S. The lowest BCUT2D eigenvalue weighted by atomic mass is 10.1. The summed E-state index contributed by atoms with van der Waals surface area (Å²) < 4.78 is 0. The quantitative estimate of drug-likeness (QED) is 0.653. The van der Waals surface area contributed by atoms with Gasteiger partial charge in [0.2, 0.25) is 11.8 Å². The van der Waals surface area contributed by atoms with E-state index in [-0.39, 0.29) is 11.8 Å². The van der Waals surface area contributed by atoms with Crippen molar-refractivity contribution >= 4 is 23.6 Å². The molecule has 2 aromatic carbocycles. The van der Waals surface area contributed by atoms with Crippen LogP contribution in [0.5, 0.6) is 0 Å². The molecule has 0 heterocycles. The third kappa shape index (κ3) is 7.04. The number of hydrogen-bond donors (Lipinski definition) is 1. The number of nitrogens with one attached hydrogen (secondary N) is 1. The first-order valence-corrected chi connectivity index (χ1v) is 10.9. The molecule has 0 fully saturated rings. The van der Waals surface area contributed by atoms with E-state index in [1.165, 1.54) is 11.1 Å². The zero-order valence-electron chi connectivity index (χ0n) is 17.0. The van der Waals surface area contributed by atoms with Crippen molar-refractivity contribution in [3.63, 3.8) is 0 Å². The molecule has 150 valence electrons. The van der Waals surface area contributed by atoms with Gasteiger partial charge in [-0.25, -0.2) is 0 Å². The molecular weight excluding hydrogens is 368 g/mol. The first-order chi connectivity index (χ1) is 13.5. The molecule has 0 unspecified atom stereocenters. The number of hydrogen-bond acceptors (Lipinski definition) is 3. The van der Waals surface area contributed by atoms with Gasteiger partial charge in [0.15, 0.2) is 0 Å². The molecule has 2 rings (SSSR count). The van der Waals surface area contributed by atoms with Gasteiger partial charge in [-0.2, -0.15) is 0 Å². The van der Waals surface area contributed by atoms with E-state index in [2.05, 4.69) is 36.5 Å². The van der Waals surface area contributed by atoms with Crippen molar-refractivity contribution in [3.8, 4) is 0 Å². The number of nitrogens with zero attached hydrogens (tertiary/aromatic N) is 1. The monoisotopic (exact) mass is 398 g/mol. The Hall–Kier alpha value is -2.27. The van der Waals surface area contributed by atoms with Crippen LogP contribution < -0.4 is 5.32 Å². The number of rotatable bonds is 10. The van der Waals surface area contributed by atoms with Crippen LogP contribution in [0.2, 0.25) is 0 Å². The fourth-order valence-electron chi connectivity index (χ4n) is 2.78. The normalized spacial score (nSPS) is 11.7. The molecule has 0 aliphatic heterocycles. The standard InChI is InChI=1S/C23H30N2O2S/c1-4-14-24-23(27)19(3)25(15-20-8-6-5-7-9-20)22(26)17-28-16-21-12-10-18(2)11-13-21/h5-13,19H,4,14-17H2,1-3H3,(H,24,27)/t19-/m0/s1. The van der Waals surface area contributed by atoms with Crippen LogP contribution in [0.15, 0.2) is 54.6 Å². The smallest absolute Gasteiger partial charge is 0.242 e. The van der Waals surface area contributed by atoms with E-state index in [9.17, 15) is 9.59 Å². The number of carbonyl (C=O) groups is 2. The molecule has 0 saturated heterocycles. The summed E-state index contributed by atoms with van der Waals surface area (Å²) in [6.45, 7) is 6.94. The van der Waals surface area contributed by atoms with Crippen molar-refractivity contribution in [1.82, 2.24) is 10.2 Å². The zero-order valence-corrected chi connectivity index (χ0v) is 17.8. The summed E-state index contributed by atoms with van der Waals surface area (Å²) in [5.74, 6) is 1.02. The van der Waals surface area contributed by atoms with Crippen LogP contribution in [0.4, 0.5) is 0 Å². The predicted octanol–water partition coefficient (Wildman–Crippen LogP) is 4.17. The molecule has 0 aliphatic carbocycles. The van der Waals surface area contributed by atoms with Crippen molar-refractivity contribution in [1.29, 1.82) is 0 Å². The Labute approximate surface area is 172 Å². The van der Waals surface area contributed by atoms with E-state index in [1.807, 2.05) is 37.3 Å². The molecule has 4 nitrogen and oxygen atoms in total. The number of carbonyl (C=O) groups excluding carboxylic acids is 2. The van der Waals surface area contributed by atoms with Crippen LogP contribution in [0.3, 0.4) is 0 Å². The van der Waals surface area contributed by atoms with Gasteiger partial charge >= 0.3 is 0 Å². The van der Waals surface area contributed by atoms with Crippen LogP contribution >= 0.6 is 11.8 Å². The van der Waals surface area contributed by atoms with Crippen molar-refractivity contribution in [2.24, 2.45) is 0 Å². The van der Waals surface area contributed by atoms with Crippen LogP contribution in [0, 0.1) is 6.92 Å². The van der Waals surface area contributed by atoms with E-state index in [0.29, 0.717) is 18.8 Å². The molecule has 28 heavy (non-hydrogen) atoms. The minimum Gasteiger partial charge on any atom is -0.354 e. The summed E-state index contributed by atoms with van der Waals surface area (Å²) in [6.07, 6.45) is 0.873. The second kappa shape index (κ2) is 11.5. The summed E-state index contributed by atoms with van der Waals surface area (Å²) >= 11 is 1.58. The van der Waals surface area contributed by atoms with E-state index in [1.54, 1.807) is 23.6 Å². The van der Waals surface area contributed by atoms with Gasteiger partial charge in [-0.15, -0.1) is 11.8 Å². The molecule has 0 aliphatic rings. The first kappa shape index (κ1) is 22.0. The van der Waals surface area contributed by atoms with E-state index >= 15 is 0 Å². The lowest BCUT2D eigenvalue weighted by Crippen LogP contribution is -2.48. The van der Waals surface area contributed by atoms with Gasteiger partial charge in [0.25, 0.3) is 0 Å². The average molecular weight is 399 g/mol. The highest BCUT2D eigenvalue weighted by atomic mass is 32.2. The van der Waals surface area contributed by atoms with Gasteiger partial charge < -0.3 is 10.2 Å². The molecule has 1 N–H and O–H groups in total. The molecule has 0 saturated carbocycles. The minimum atomic E-state index is -0.501. The topological polar surface area (TPSA) is 49.4 Å². The van der Waals surface area contributed by atoms with Crippen LogP contribution in [-0.2, 0) is 21.9 Å². The number of amides is 2. The van der Waals surface area contributed by atoms with E-state index in [4.69, 9.17) is 0 Å². The maximum Gasteiger partial charge on any atom is 0.242 e. The predicted molar refractivity (Wildman–Crippen MR) is 117 cm³/mol. The maximum absolute atomic E-state index is 12.9. The third-order valence-corrected chi connectivity index (χ3v) is 5.52. The zero-order chi connectivity index (χ0) is 20.4. The van der Waals surface area contributed by atoms with E-state index < -0.39 is 6.04 Å². The molecule has 0 radical (unpaired) electrons. The van der Waals surface area contributed by atoms with Gasteiger partial charge in [0, 0.05) is 18.8 Å². The molecule has 0 spiro atoms. The second-order valence-electron chi connectivity index (χ2n) is 6.95. The molecule has 0 aromatic heterocycles. The van der Waals surface area contributed by atoms with Gasteiger partial charge in [-0.1, -0.05) is 67.1 Å². The highest BCUT2D eigenvalue weighted by Crippen LogP contribution is 2.16. The summed E-state index contributed by atoms with van der Waals surface area (Å²) in [7, 11) is 0. The summed E-state index contributed by atoms with van der Waals surface area (Å²) in [5, 5.41) is 2.90. The third-order valence-electron chi connectivity index (χ3n) is 4.53. The Bertz CT molecular complexity index is 747. The summed E-state index contributed by atoms with van der Waals surface area (Å²) in [4.78, 5) is 27.1. The second-order valence-corrected chi connectivity index (χ2v) is 7.94. The van der Waals surface area contributed by atoms with Crippen molar-refractivity contribution in [3.05, 3.63) is 71.3 Å². The van der Waals surface area contributed by atoms with Crippen LogP contribution in [0.25, 0.3) is 0 Å². The Morgan fingerprint density at radius 2 is 1.71 bits per heavy atom. The molecule has 5 heteroatoms. The Morgan fingerprint density at radius 1 is 1.04 bits per heavy atom. The maximum atomic E-state index is 12.9.